The molecule has 2 rings (SSSR count). The molecule has 0 fully saturated rings. The number of hydrogen-bond acceptors (Lipinski definition) is 3. The number of anilines is 1. The summed E-state index contributed by atoms with van der Waals surface area (Å²) in [6.07, 6.45) is 5.10. The van der Waals surface area contributed by atoms with E-state index in [9.17, 15) is 0 Å². The SMILES string of the molecule is C=CC=NC(=C)CN(C)c1ccccc1C(C=C)=Nc1cc(C)cc(C)c1.CC. The van der Waals surface area contributed by atoms with Crippen molar-refractivity contribution >= 4 is 23.3 Å². The number of aryl methyl sites for hydroxylation is 2. The molecule has 0 amide bonds. The number of likely N-dealkylation sites (N-methyl/N-ethyl adjacent to an activating group) is 1. The van der Waals surface area contributed by atoms with E-state index < -0.39 is 0 Å². The first kappa shape index (κ1) is 23.8. The van der Waals surface area contributed by atoms with Crippen LogP contribution in [0.25, 0.3) is 0 Å². The lowest BCUT2D eigenvalue weighted by Gasteiger charge is -2.22. The number of hydrogen-bond donors (Lipinski definition) is 0. The van der Waals surface area contributed by atoms with Crippen molar-refractivity contribution in [2.45, 2.75) is 27.7 Å². The number of benzene rings is 2. The Morgan fingerprint density at radius 2 is 1.66 bits per heavy atom. The molecule has 0 unspecified atom stereocenters. The van der Waals surface area contributed by atoms with Crippen molar-refractivity contribution in [3.63, 3.8) is 0 Å². The quantitative estimate of drug-likeness (QED) is 0.456. The van der Waals surface area contributed by atoms with E-state index in [0.717, 1.165) is 28.3 Å². The summed E-state index contributed by atoms with van der Waals surface area (Å²) < 4.78 is 0. The van der Waals surface area contributed by atoms with Crippen LogP contribution >= 0.6 is 0 Å². The number of nitrogens with zero attached hydrogens (tertiary/aromatic N) is 3. The number of aliphatic imine (C=N–C) groups is 2. The van der Waals surface area contributed by atoms with E-state index in [4.69, 9.17) is 4.99 Å². The molecule has 3 heteroatoms. The Balaban J connectivity index is 0.00000204. The molecule has 152 valence electrons. The predicted molar refractivity (Wildman–Crippen MR) is 131 cm³/mol. The van der Waals surface area contributed by atoms with E-state index in [1.54, 1.807) is 18.4 Å². The third-order valence-corrected chi connectivity index (χ3v) is 4.02. The second-order valence-electron chi connectivity index (χ2n) is 6.50. The maximum atomic E-state index is 4.85. The third-order valence-electron chi connectivity index (χ3n) is 4.02. The van der Waals surface area contributed by atoms with Gasteiger partial charge in [0.1, 0.15) is 0 Å². The Kier molecular flexibility index (Phi) is 10.1. The van der Waals surface area contributed by atoms with Crippen molar-refractivity contribution < 1.29 is 0 Å². The molecule has 0 saturated carbocycles. The van der Waals surface area contributed by atoms with Gasteiger partial charge in [0.05, 0.1) is 23.6 Å². The topological polar surface area (TPSA) is 28.0 Å². The summed E-state index contributed by atoms with van der Waals surface area (Å²) >= 11 is 0. The highest BCUT2D eigenvalue weighted by molar-refractivity contribution is 6.13. The van der Waals surface area contributed by atoms with Gasteiger partial charge >= 0.3 is 0 Å². The van der Waals surface area contributed by atoms with Crippen LogP contribution in [0.15, 0.2) is 90.0 Å². The van der Waals surface area contributed by atoms with Crippen molar-refractivity contribution in [1.82, 2.24) is 0 Å². The van der Waals surface area contributed by atoms with E-state index in [2.05, 4.69) is 73.8 Å². The summed E-state index contributed by atoms with van der Waals surface area (Å²) in [7, 11) is 2.02. The molecule has 0 bridgehead atoms. The second kappa shape index (κ2) is 12.3. The minimum absolute atomic E-state index is 0.606. The van der Waals surface area contributed by atoms with Crippen molar-refractivity contribution in [2.24, 2.45) is 9.98 Å². The van der Waals surface area contributed by atoms with Crippen LogP contribution in [0.1, 0.15) is 30.5 Å². The number of para-hydroxylation sites is 1. The second-order valence-corrected chi connectivity index (χ2v) is 6.50. The van der Waals surface area contributed by atoms with Crippen LogP contribution in [0.2, 0.25) is 0 Å². The smallest absolute Gasteiger partial charge is 0.0724 e. The van der Waals surface area contributed by atoms with Crippen molar-refractivity contribution in [2.75, 3.05) is 18.5 Å². The Hall–Kier alpha value is -3.20. The molecular weight excluding hydrogens is 354 g/mol. The molecule has 0 atom stereocenters. The predicted octanol–water partition coefficient (Wildman–Crippen LogP) is 6.84. The number of rotatable bonds is 8. The van der Waals surface area contributed by atoms with Gasteiger partial charge in [-0.25, -0.2) is 4.99 Å². The van der Waals surface area contributed by atoms with Gasteiger partial charge in [0.25, 0.3) is 0 Å². The number of allylic oxidation sites excluding steroid dienone is 2. The summed E-state index contributed by atoms with van der Waals surface area (Å²) in [4.78, 5) is 11.2. The zero-order chi connectivity index (χ0) is 21.8. The van der Waals surface area contributed by atoms with Crippen molar-refractivity contribution in [1.29, 1.82) is 0 Å². The Morgan fingerprint density at radius 3 is 2.24 bits per heavy atom. The van der Waals surface area contributed by atoms with Gasteiger partial charge < -0.3 is 4.90 Å². The summed E-state index contributed by atoms with van der Waals surface area (Å²) in [6.45, 7) is 20.4. The maximum absolute atomic E-state index is 4.85. The van der Waals surface area contributed by atoms with Crippen LogP contribution in [-0.2, 0) is 0 Å². The van der Waals surface area contributed by atoms with Gasteiger partial charge in [-0.05, 0) is 49.2 Å². The van der Waals surface area contributed by atoms with Gasteiger partial charge in [0, 0.05) is 24.5 Å². The minimum atomic E-state index is 0.606. The Bertz CT molecular complexity index is 884. The van der Waals surface area contributed by atoms with Gasteiger partial charge in [-0.2, -0.15) is 0 Å². The summed E-state index contributed by atoms with van der Waals surface area (Å²) in [5.41, 5.74) is 6.99. The summed E-state index contributed by atoms with van der Waals surface area (Å²) in [5.74, 6) is 0. The van der Waals surface area contributed by atoms with Gasteiger partial charge in [0.15, 0.2) is 0 Å². The normalized spacial score (nSPS) is 10.9. The lowest BCUT2D eigenvalue weighted by atomic mass is 10.1. The summed E-state index contributed by atoms with van der Waals surface area (Å²) in [6, 6.07) is 14.5. The molecule has 0 aromatic heterocycles. The van der Waals surface area contributed by atoms with Gasteiger partial charge in [-0.3, -0.25) is 4.99 Å². The molecule has 29 heavy (non-hydrogen) atoms. The lowest BCUT2D eigenvalue weighted by molar-refractivity contribution is 0.973. The molecule has 0 aliphatic rings. The van der Waals surface area contributed by atoms with E-state index in [1.807, 2.05) is 33.0 Å². The van der Waals surface area contributed by atoms with Gasteiger partial charge in [-0.15, -0.1) is 0 Å². The van der Waals surface area contributed by atoms with E-state index >= 15 is 0 Å². The monoisotopic (exact) mass is 387 g/mol. The average Bonchev–Trinajstić information content (AvgIpc) is 2.71. The highest BCUT2D eigenvalue weighted by Gasteiger charge is 2.11. The molecule has 3 nitrogen and oxygen atoms in total. The van der Waals surface area contributed by atoms with Crippen LogP contribution in [-0.4, -0.2) is 25.5 Å². The fourth-order valence-electron chi connectivity index (χ4n) is 2.95. The van der Waals surface area contributed by atoms with Crippen molar-refractivity contribution in [3.8, 4) is 0 Å². The summed E-state index contributed by atoms with van der Waals surface area (Å²) in [5, 5.41) is 0. The molecule has 0 saturated heterocycles. The molecule has 0 aliphatic heterocycles. The van der Waals surface area contributed by atoms with Crippen LogP contribution in [0, 0.1) is 13.8 Å². The van der Waals surface area contributed by atoms with Crippen LogP contribution in [0.5, 0.6) is 0 Å². The highest BCUT2D eigenvalue weighted by atomic mass is 15.1. The molecule has 2 aromatic rings. The molecule has 0 aliphatic carbocycles. The van der Waals surface area contributed by atoms with Crippen LogP contribution in [0.4, 0.5) is 11.4 Å². The molecule has 0 N–H and O–H groups in total. The zero-order valence-electron chi connectivity index (χ0n) is 18.4. The zero-order valence-corrected chi connectivity index (χ0v) is 18.4. The third kappa shape index (κ3) is 7.38. The van der Waals surface area contributed by atoms with Crippen molar-refractivity contribution in [3.05, 3.63) is 96.7 Å². The van der Waals surface area contributed by atoms with E-state index in [0.29, 0.717) is 6.54 Å². The largest absolute Gasteiger partial charge is 0.368 e. The molecule has 2 aromatic carbocycles. The Morgan fingerprint density at radius 1 is 1.03 bits per heavy atom. The van der Waals surface area contributed by atoms with Crippen LogP contribution in [0.3, 0.4) is 0 Å². The fourth-order valence-corrected chi connectivity index (χ4v) is 2.95. The molecule has 0 heterocycles. The highest BCUT2D eigenvalue weighted by Crippen LogP contribution is 2.24. The maximum Gasteiger partial charge on any atom is 0.0724 e. The molecule has 0 spiro atoms. The van der Waals surface area contributed by atoms with Crippen LogP contribution < -0.4 is 4.90 Å². The Labute approximate surface area is 176 Å². The first-order valence-corrected chi connectivity index (χ1v) is 9.87. The van der Waals surface area contributed by atoms with E-state index in [1.165, 1.54) is 11.1 Å². The minimum Gasteiger partial charge on any atom is -0.368 e. The first-order chi connectivity index (χ1) is 13.9. The first-order valence-electron chi connectivity index (χ1n) is 9.87. The molecular formula is C26H33N3. The van der Waals surface area contributed by atoms with Gasteiger partial charge in [0.2, 0.25) is 0 Å². The lowest BCUT2D eigenvalue weighted by Crippen LogP contribution is -2.21. The standard InChI is InChI=1S/C24H27N3.C2H6/c1-7-13-25-20(5)17-27(6)24-12-10-9-11-22(24)23(8-2)26-21-15-18(3)14-19(4)16-21;1-2/h7-16H,1-2,5,17H2,3-4,6H3;1-2H3. The van der Waals surface area contributed by atoms with Gasteiger partial charge in [-0.1, -0.05) is 63.9 Å². The fraction of sp³-hybridized carbons (Fsp3) is 0.231. The average molecular weight is 388 g/mol. The molecule has 0 radical (unpaired) electrons. The van der Waals surface area contributed by atoms with E-state index in [-0.39, 0.29) is 0 Å².